The monoisotopic (exact) mass is 240 g/mol. The SMILES string of the molecule is CC(C)C(C)Oc1cccc(CC(=O)Cl)c1. The lowest BCUT2D eigenvalue weighted by atomic mass is 10.1. The highest BCUT2D eigenvalue weighted by atomic mass is 35.5. The second-order valence-electron chi connectivity index (χ2n) is 4.25. The summed E-state index contributed by atoms with van der Waals surface area (Å²) in [5.41, 5.74) is 0.883. The first-order valence-electron chi connectivity index (χ1n) is 5.43. The van der Waals surface area contributed by atoms with Crippen molar-refractivity contribution in [1.29, 1.82) is 0 Å². The molecule has 88 valence electrons. The molecule has 1 aromatic rings. The lowest BCUT2D eigenvalue weighted by Crippen LogP contribution is -2.18. The van der Waals surface area contributed by atoms with Crippen LogP contribution in [-0.2, 0) is 11.2 Å². The fourth-order valence-electron chi connectivity index (χ4n) is 1.24. The number of hydrogen-bond acceptors (Lipinski definition) is 2. The van der Waals surface area contributed by atoms with E-state index in [9.17, 15) is 4.79 Å². The summed E-state index contributed by atoms with van der Waals surface area (Å²) < 4.78 is 5.74. The van der Waals surface area contributed by atoms with Crippen molar-refractivity contribution >= 4 is 16.8 Å². The maximum absolute atomic E-state index is 10.8. The molecule has 0 N–H and O–H groups in total. The number of ether oxygens (including phenoxy) is 1. The molecule has 0 fully saturated rings. The van der Waals surface area contributed by atoms with Gasteiger partial charge in [0, 0.05) is 6.42 Å². The van der Waals surface area contributed by atoms with Crippen molar-refractivity contribution in [3.05, 3.63) is 29.8 Å². The number of halogens is 1. The number of carbonyl (C=O) groups is 1. The molecule has 3 heteroatoms. The maximum Gasteiger partial charge on any atom is 0.226 e. The van der Waals surface area contributed by atoms with E-state index in [1.54, 1.807) is 0 Å². The molecule has 0 aliphatic heterocycles. The average Bonchev–Trinajstić information content (AvgIpc) is 2.16. The van der Waals surface area contributed by atoms with Crippen LogP contribution < -0.4 is 4.74 Å². The standard InChI is InChI=1S/C13H17ClO2/c1-9(2)10(3)16-12-6-4-5-11(7-12)8-13(14)15/h4-7,9-10H,8H2,1-3H3. The number of rotatable bonds is 5. The third kappa shape index (κ3) is 4.23. The Kier molecular flexibility index (Phi) is 4.81. The average molecular weight is 241 g/mol. The van der Waals surface area contributed by atoms with Crippen LogP contribution in [0.15, 0.2) is 24.3 Å². The van der Waals surface area contributed by atoms with Crippen LogP contribution in [0.3, 0.4) is 0 Å². The highest BCUT2D eigenvalue weighted by Crippen LogP contribution is 2.18. The van der Waals surface area contributed by atoms with Gasteiger partial charge in [0.25, 0.3) is 0 Å². The molecule has 0 aromatic heterocycles. The second-order valence-corrected chi connectivity index (χ2v) is 4.67. The third-order valence-corrected chi connectivity index (χ3v) is 2.64. The van der Waals surface area contributed by atoms with Crippen molar-refractivity contribution in [3.8, 4) is 5.75 Å². The van der Waals surface area contributed by atoms with Crippen molar-refractivity contribution in [1.82, 2.24) is 0 Å². The van der Waals surface area contributed by atoms with Gasteiger partial charge in [0.15, 0.2) is 0 Å². The summed E-state index contributed by atoms with van der Waals surface area (Å²) in [6.07, 6.45) is 0.399. The lowest BCUT2D eigenvalue weighted by Gasteiger charge is -2.18. The Morgan fingerprint density at radius 1 is 1.38 bits per heavy atom. The number of hydrogen-bond donors (Lipinski definition) is 0. The van der Waals surface area contributed by atoms with E-state index in [-0.39, 0.29) is 17.8 Å². The van der Waals surface area contributed by atoms with E-state index < -0.39 is 0 Å². The predicted octanol–water partition coefficient (Wildman–Crippen LogP) is 3.42. The van der Waals surface area contributed by atoms with E-state index >= 15 is 0 Å². The number of benzene rings is 1. The highest BCUT2D eigenvalue weighted by Gasteiger charge is 2.09. The first-order chi connectivity index (χ1) is 7.49. The fraction of sp³-hybridized carbons (Fsp3) is 0.462. The molecule has 0 radical (unpaired) electrons. The van der Waals surface area contributed by atoms with Gasteiger partial charge in [0.1, 0.15) is 5.75 Å². The summed E-state index contributed by atoms with van der Waals surface area (Å²) in [7, 11) is 0. The van der Waals surface area contributed by atoms with Gasteiger partial charge in [-0.25, -0.2) is 0 Å². The minimum Gasteiger partial charge on any atom is -0.490 e. The van der Waals surface area contributed by atoms with Gasteiger partial charge in [0.2, 0.25) is 5.24 Å². The number of carbonyl (C=O) groups excluding carboxylic acids is 1. The molecule has 2 nitrogen and oxygen atoms in total. The van der Waals surface area contributed by atoms with Crippen molar-refractivity contribution < 1.29 is 9.53 Å². The van der Waals surface area contributed by atoms with E-state index in [1.165, 1.54) is 0 Å². The quantitative estimate of drug-likeness (QED) is 0.738. The Hall–Kier alpha value is -1.02. The van der Waals surface area contributed by atoms with E-state index in [0.717, 1.165) is 11.3 Å². The molecule has 1 unspecified atom stereocenters. The van der Waals surface area contributed by atoms with Crippen LogP contribution in [0.1, 0.15) is 26.3 Å². The van der Waals surface area contributed by atoms with Gasteiger partial charge >= 0.3 is 0 Å². The minimum atomic E-state index is -0.353. The molecule has 0 bridgehead atoms. The van der Waals surface area contributed by atoms with Crippen LogP contribution >= 0.6 is 11.6 Å². The zero-order chi connectivity index (χ0) is 12.1. The summed E-state index contributed by atoms with van der Waals surface area (Å²) in [6, 6.07) is 7.49. The Morgan fingerprint density at radius 2 is 2.06 bits per heavy atom. The fourth-order valence-corrected chi connectivity index (χ4v) is 1.39. The van der Waals surface area contributed by atoms with Crippen molar-refractivity contribution in [3.63, 3.8) is 0 Å². The Bertz CT molecular complexity index is 361. The minimum absolute atomic E-state index is 0.155. The van der Waals surface area contributed by atoms with Gasteiger partial charge in [-0.2, -0.15) is 0 Å². The predicted molar refractivity (Wildman–Crippen MR) is 65.9 cm³/mol. The van der Waals surface area contributed by atoms with Crippen molar-refractivity contribution in [2.24, 2.45) is 5.92 Å². The van der Waals surface area contributed by atoms with Gasteiger partial charge in [-0.1, -0.05) is 26.0 Å². The van der Waals surface area contributed by atoms with E-state index in [1.807, 2.05) is 31.2 Å². The first kappa shape index (κ1) is 13.0. The smallest absolute Gasteiger partial charge is 0.226 e. The maximum atomic E-state index is 10.8. The molecule has 16 heavy (non-hydrogen) atoms. The van der Waals surface area contributed by atoms with Crippen molar-refractivity contribution in [2.75, 3.05) is 0 Å². The second kappa shape index (κ2) is 5.90. The van der Waals surface area contributed by atoms with Crippen LogP contribution in [-0.4, -0.2) is 11.3 Å². The summed E-state index contributed by atoms with van der Waals surface area (Å²) in [5, 5.41) is -0.353. The molecule has 0 saturated carbocycles. The van der Waals surface area contributed by atoms with Gasteiger partial charge in [0.05, 0.1) is 6.10 Å². The molecule has 0 aliphatic carbocycles. The highest BCUT2D eigenvalue weighted by molar-refractivity contribution is 6.63. The largest absolute Gasteiger partial charge is 0.490 e. The third-order valence-electron chi connectivity index (χ3n) is 2.50. The van der Waals surface area contributed by atoms with Gasteiger partial charge in [-0.05, 0) is 42.1 Å². The van der Waals surface area contributed by atoms with Crippen LogP contribution in [0.25, 0.3) is 0 Å². The molecule has 0 saturated heterocycles. The summed E-state index contributed by atoms with van der Waals surface area (Å²) in [4.78, 5) is 10.8. The molecule has 0 spiro atoms. The van der Waals surface area contributed by atoms with Gasteiger partial charge in [-0.15, -0.1) is 0 Å². The Balaban J connectivity index is 2.70. The van der Waals surface area contributed by atoms with E-state index in [0.29, 0.717) is 5.92 Å². The van der Waals surface area contributed by atoms with Crippen LogP contribution in [0.5, 0.6) is 5.75 Å². The Morgan fingerprint density at radius 3 is 2.62 bits per heavy atom. The molecule has 1 atom stereocenters. The van der Waals surface area contributed by atoms with Gasteiger partial charge in [-0.3, -0.25) is 4.79 Å². The summed E-state index contributed by atoms with van der Waals surface area (Å²) >= 11 is 5.34. The topological polar surface area (TPSA) is 26.3 Å². The molecule has 0 aliphatic rings. The molecular weight excluding hydrogens is 224 g/mol. The van der Waals surface area contributed by atoms with E-state index in [2.05, 4.69) is 13.8 Å². The zero-order valence-electron chi connectivity index (χ0n) is 9.87. The molecule has 0 amide bonds. The molecule has 1 aromatic carbocycles. The lowest BCUT2D eigenvalue weighted by molar-refractivity contribution is -0.111. The van der Waals surface area contributed by atoms with Crippen molar-refractivity contribution in [2.45, 2.75) is 33.3 Å². The van der Waals surface area contributed by atoms with Crippen LogP contribution in [0.4, 0.5) is 0 Å². The van der Waals surface area contributed by atoms with E-state index in [4.69, 9.17) is 16.3 Å². The van der Waals surface area contributed by atoms with Gasteiger partial charge < -0.3 is 4.74 Å². The summed E-state index contributed by atoms with van der Waals surface area (Å²) in [6.45, 7) is 6.25. The zero-order valence-corrected chi connectivity index (χ0v) is 10.6. The molecule has 0 heterocycles. The molecule has 1 rings (SSSR count). The summed E-state index contributed by atoms with van der Waals surface area (Å²) in [5.74, 6) is 1.25. The Labute approximate surface area is 102 Å². The van der Waals surface area contributed by atoms with Crippen LogP contribution in [0.2, 0.25) is 0 Å². The molecular formula is C13H17ClO2. The van der Waals surface area contributed by atoms with Crippen LogP contribution in [0, 0.1) is 5.92 Å². The first-order valence-corrected chi connectivity index (χ1v) is 5.80. The normalized spacial score (nSPS) is 12.6.